The maximum atomic E-state index is 13.1. The second-order valence-electron chi connectivity index (χ2n) is 3.84. The first-order valence-corrected chi connectivity index (χ1v) is 7.01. The van der Waals surface area contributed by atoms with Crippen LogP contribution in [-0.4, -0.2) is 14.3 Å². The van der Waals surface area contributed by atoms with Crippen molar-refractivity contribution >= 4 is 21.6 Å². The first-order chi connectivity index (χ1) is 8.34. The van der Waals surface area contributed by atoms with Crippen molar-refractivity contribution in [2.45, 2.75) is 31.1 Å². The van der Waals surface area contributed by atoms with Gasteiger partial charge < -0.3 is 5.32 Å². The third-order valence-corrected chi connectivity index (χ3v) is 3.25. The zero-order chi connectivity index (χ0) is 13.8. The van der Waals surface area contributed by atoms with E-state index in [0.29, 0.717) is 6.42 Å². The number of hydrogen-bond donors (Lipinski definition) is 2. The zero-order valence-corrected chi connectivity index (χ0v) is 10.8. The van der Waals surface area contributed by atoms with Gasteiger partial charge in [-0.2, -0.15) is 0 Å². The van der Waals surface area contributed by atoms with E-state index in [9.17, 15) is 17.6 Å². The number of sulfonamides is 1. The highest BCUT2D eigenvalue weighted by atomic mass is 32.2. The van der Waals surface area contributed by atoms with Gasteiger partial charge in [0.05, 0.1) is 5.69 Å². The third kappa shape index (κ3) is 4.08. The minimum Gasteiger partial charge on any atom is -0.325 e. The number of rotatable bonds is 5. The van der Waals surface area contributed by atoms with Crippen LogP contribution < -0.4 is 10.5 Å². The fraction of sp³-hybridized carbons (Fsp3) is 0.364. The molecule has 1 aromatic rings. The topological polar surface area (TPSA) is 89.3 Å². The van der Waals surface area contributed by atoms with Crippen LogP contribution in [0.25, 0.3) is 0 Å². The predicted molar refractivity (Wildman–Crippen MR) is 65.9 cm³/mol. The molecule has 1 rings (SSSR count). The van der Waals surface area contributed by atoms with Crippen molar-refractivity contribution in [2.24, 2.45) is 5.14 Å². The number of unbranched alkanes of at least 4 members (excludes halogenated alkanes) is 1. The molecule has 0 unspecified atom stereocenters. The Labute approximate surface area is 105 Å². The van der Waals surface area contributed by atoms with Gasteiger partial charge in [-0.3, -0.25) is 4.79 Å². The van der Waals surface area contributed by atoms with Gasteiger partial charge >= 0.3 is 0 Å². The summed E-state index contributed by atoms with van der Waals surface area (Å²) in [5.41, 5.74) is -0.126. The second-order valence-corrected chi connectivity index (χ2v) is 5.37. The van der Waals surface area contributed by atoms with Crippen LogP contribution >= 0.6 is 0 Å². The maximum Gasteiger partial charge on any atom is 0.240 e. The maximum absolute atomic E-state index is 13.1. The van der Waals surface area contributed by atoms with Gasteiger partial charge in [0.25, 0.3) is 0 Å². The number of benzene rings is 1. The summed E-state index contributed by atoms with van der Waals surface area (Å²) in [6.45, 7) is 1.92. The molecule has 0 spiro atoms. The zero-order valence-electron chi connectivity index (χ0n) is 9.94. The van der Waals surface area contributed by atoms with Gasteiger partial charge in [-0.05, 0) is 24.6 Å². The molecule has 0 saturated heterocycles. The van der Waals surface area contributed by atoms with E-state index in [2.05, 4.69) is 5.32 Å². The molecule has 0 fully saturated rings. The Balaban J connectivity index is 3.00. The van der Waals surface area contributed by atoms with E-state index in [0.717, 1.165) is 24.6 Å². The van der Waals surface area contributed by atoms with Gasteiger partial charge in [0.2, 0.25) is 15.9 Å². The molecule has 3 N–H and O–H groups in total. The summed E-state index contributed by atoms with van der Waals surface area (Å²) in [6.07, 6.45) is 1.75. The van der Waals surface area contributed by atoms with Gasteiger partial charge in [0.15, 0.2) is 0 Å². The molecular formula is C11H15FN2O3S. The Morgan fingerprint density at radius 2 is 2.11 bits per heavy atom. The molecule has 7 heteroatoms. The van der Waals surface area contributed by atoms with E-state index < -0.39 is 15.8 Å². The number of amides is 1. The lowest BCUT2D eigenvalue weighted by atomic mass is 10.2. The largest absolute Gasteiger partial charge is 0.325 e. The van der Waals surface area contributed by atoms with Crippen molar-refractivity contribution in [2.75, 3.05) is 5.32 Å². The molecule has 0 aliphatic heterocycles. The summed E-state index contributed by atoms with van der Waals surface area (Å²) in [5.74, 6) is -1.01. The molecule has 0 atom stereocenters. The average molecular weight is 274 g/mol. The molecule has 0 aliphatic carbocycles. The highest BCUT2D eigenvalue weighted by molar-refractivity contribution is 7.89. The molecule has 0 heterocycles. The summed E-state index contributed by atoms with van der Waals surface area (Å²) >= 11 is 0. The van der Waals surface area contributed by atoms with Crippen LogP contribution in [0.15, 0.2) is 23.1 Å². The minimum atomic E-state index is -4.00. The standard InChI is InChI=1S/C11H15FN2O3S/c1-2-3-4-11(15)14-9-7-8(12)5-6-10(9)18(13,16)17/h5-7H,2-4H2,1H3,(H,14,15)(H2,13,16,17). The van der Waals surface area contributed by atoms with E-state index >= 15 is 0 Å². The SMILES string of the molecule is CCCCC(=O)Nc1cc(F)ccc1S(N)(=O)=O. The van der Waals surface area contributed by atoms with E-state index in [1.54, 1.807) is 0 Å². The number of nitrogens with two attached hydrogens (primary N) is 1. The number of hydrogen-bond acceptors (Lipinski definition) is 3. The molecule has 100 valence electrons. The first-order valence-electron chi connectivity index (χ1n) is 5.46. The van der Waals surface area contributed by atoms with Crippen molar-refractivity contribution in [1.82, 2.24) is 0 Å². The molecule has 0 aromatic heterocycles. The monoisotopic (exact) mass is 274 g/mol. The fourth-order valence-electron chi connectivity index (χ4n) is 1.40. The Morgan fingerprint density at radius 1 is 1.44 bits per heavy atom. The van der Waals surface area contributed by atoms with Crippen LogP contribution in [0, 0.1) is 5.82 Å². The predicted octanol–water partition coefficient (Wildman–Crippen LogP) is 1.60. The summed E-state index contributed by atoms with van der Waals surface area (Å²) < 4.78 is 35.6. The third-order valence-electron chi connectivity index (χ3n) is 2.28. The Morgan fingerprint density at radius 3 is 2.67 bits per heavy atom. The summed E-state index contributed by atoms with van der Waals surface area (Å²) in [7, 11) is -4.00. The van der Waals surface area contributed by atoms with E-state index in [1.165, 1.54) is 0 Å². The lowest BCUT2D eigenvalue weighted by Gasteiger charge is -2.09. The summed E-state index contributed by atoms with van der Waals surface area (Å²) in [6, 6.07) is 2.94. The molecule has 18 heavy (non-hydrogen) atoms. The lowest BCUT2D eigenvalue weighted by molar-refractivity contribution is -0.116. The fourth-order valence-corrected chi connectivity index (χ4v) is 2.07. The summed E-state index contributed by atoms with van der Waals surface area (Å²) in [5, 5.41) is 7.34. The van der Waals surface area contributed by atoms with Gasteiger partial charge in [0, 0.05) is 6.42 Å². The van der Waals surface area contributed by atoms with Crippen LogP contribution in [0.3, 0.4) is 0 Å². The number of anilines is 1. The van der Waals surface area contributed by atoms with Crippen molar-refractivity contribution in [3.05, 3.63) is 24.0 Å². The molecular weight excluding hydrogens is 259 g/mol. The lowest BCUT2D eigenvalue weighted by Crippen LogP contribution is -2.18. The second kappa shape index (κ2) is 5.92. The molecule has 5 nitrogen and oxygen atoms in total. The van der Waals surface area contributed by atoms with Crippen molar-refractivity contribution < 1.29 is 17.6 Å². The quantitative estimate of drug-likeness (QED) is 0.854. The van der Waals surface area contributed by atoms with Crippen LogP contribution in [0.2, 0.25) is 0 Å². The van der Waals surface area contributed by atoms with Crippen molar-refractivity contribution in [1.29, 1.82) is 0 Å². The number of primary sulfonamides is 1. The van der Waals surface area contributed by atoms with Crippen molar-refractivity contribution in [3.63, 3.8) is 0 Å². The Kier molecular flexibility index (Phi) is 4.80. The van der Waals surface area contributed by atoms with Gasteiger partial charge in [0.1, 0.15) is 10.7 Å². The van der Waals surface area contributed by atoms with Crippen molar-refractivity contribution in [3.8, 4) is 0 Å². The van der Waals surface area contributed by atoms with Gasteiger partial charge in [-0.15, -0.1) is 0 Å². The average Bonchev–Trinajstić information content (AvgIpc) is 2.24. The minimum absolute atomic E-state index is 0.126. The molecule has 1 aromatic carbocycles. The normalized spacial score (nSPS) is 11.3. The van der Waals surface area contributed by atoms with Gasteiger partial charge in [-0.1, -0.05) is 13.3 Å². The highest BCUT2D eigenvalue weighted by Crippen LogP contribution is 2.21. The molecule has 1 amide bonds. The van der Waals surface area contributed by atoms with E-state index in [1.807, 2.05) is 6.92 Å². The van der Waals surface area contributed by atoms with E-state index in [4.69, 9.17) is 5.14 Å². The van der Waals surface area contributed by atoms with Gasteiger partial charge in [-0.25, -0.2) is 17.9 Å². The molecule has 0 radical (unpaired) electrons. The first kappa shape index (κ1) is 14.6. The molecule has 0 bridgehead atoms. The Hall–Kier alpha value is -1.47. The van der Waals surface area contributed by atoms with E-state index in [-0.39, 0.29) is 22.9 Å². The number of carbonyl (C=O) groups excluding carboxylic acids is 1. The number of carbonyl (C=O) groups is 1. The summed E-state index contributed by atoms with van der Waals surface area (Å²) in [4.78, 5) is 11.2. The molecule has 0 saturated carbocycles. The Bertz CT molecular complexity index is 543. The van der Waals surface area contributed by atoms with Crippen LogP contribution in [0.1, 0.15) is 26.2 Å². The number of nitrogens with one attached hydrogen (secondary N) is 1. The van der Waals surface area contributed by atoms with Crippen LogP contribution in [0.5, 0.6) is 0 Å². The van der Waals surface area contributed by atoms with Crippen LogP contribution in [-0.2, 0) is 14.8 Å². The van der Waals surface area contributed by atoms with Crippen LogP contribution in [0.4, 0.5) is 10.1 Å². The number of halogens is 1. The molecule has 0 aliphatic rings. The highest BCUT2D eigenvalue weighted by Gasteiger charge is 2.16. The smallest absolute Gasteiger partial charge is 0.240 e.